The third kappa shape index (κ3) is 6.20. The van der Waals surface area contributed by atoms with E-state index in [0.717, 1.165) is 25.7 Å². The molecule has 0 N–H and O–H groups in total. The van der Waals surface area contributed by atoms with Crippen LogP contribution in [0.5, 0.6) is 0 Å². The van der Waals surface area contributed by atoms with Crippen molar-refractivity contribution in [2.75, 3.05) is 4.90 Å². The lowest BCUT2D eigenvalue weighted by molar-refractivity contribution is 0.684. The van der Waals surface area contributed by atoms with Crippen molar-refractivity contribution >= 4 is 17.1 Å². The Hall–Kier alpha value is -6.44. The fraction of sp³-hybridized carbons (Fsp3) is 0.200. The fourth-order valence-corrected chi connectivity index (χ4v) is 11.3. The molecule has 0 spiro atoms. The maximum Gasteiger partial charge on any atom is 0.0714 e. The Morgan fingerprint density at radius 3 is 1.70 bits per heavy atom. The Bertz CT molecular complexity index is 2830. The summed E-state index contributed by atoms with van der Waals surface area (Å²) in [5, 5.41) is 0. The van der Waals surface area contributed by atoms with Crippen molar-refractivity contribution in [2.24, 2.45) is 0 Å². The highest BCUT2D eigenvalue weighted by Crippen LogP contribution is 2.60. The molecule has 0 bridgehead atoms. The molecule has 0 saturated carbocycles. The van der Waals surface area contributed by atoms with Gasteiger partial charge in [-0.15, -0.1) is 0 Å². The minimum Gasteiger partial charge on any atom is -0.310 e. The van der Waals surface area contributed by atoms with E-state index < -0.39 is 5.41 Å². The second kappa shape index (κ2) is 15.5. The molecular formula is C60H53N. The molecule has 61 heavy (non-hydrogen) atoms. The van der Waals surface area contributed by atoms with Crippen LogP contribution in [0.1, 0.15) is 95.5 Å². The topological polar surface area (TPSA) is 3.24 Å². The van der Waals surface area contributed by atoms with Gasteiger partial charge in [0.05, 0.1) is 11.1 Å². The largest absolute Gasteiger partial charge is 0.310 e. The molecule has 1 heteroatoms. The molecule has 0 aliphatic heterocycles. The van der Waals surface area contributed by atoms with Crippen molar-refractivity contribution in [3.63, 3.8) is 0 Å². The van der Waals surface area contributed by atoms with Crippen molar-refractivity contribution in [2.45, 2.75) is 76.5 Å². The van der Waals surface area contributed by atoms with E-state index in [1.807, 2.05) is 0 Å². The molecule has 8 aromatic carbocycles. The van der Waals surface area contributed by atoms with Gasteiger partial charge in [0.25, 0.3) is 0 Å². The first kappa shape index (κ1) is 37.6. The van der Waals surface area contributed by atoms with Gasteiger partial charge in [0.2, 0.25) is 0 Å². The Morgan fingerprint density at radius 2 is 1.02 bits per heavy atom. The molecule has 0 unspecified atom stereocenters. The Morgan fingerprint density at radius 1 is 0.426 bits per heavy atom. The van der Waals surface area contributed by atoms with Gasteiger partial charge in [0.15, 0.2) is 0 Å². The molecule has 3 aliphatic rings. The molecule has 0 aromatic heterocycles. The zero-order chi connectivity index (χ0) is 40.9. The lowest BCUT2D eigenvalue weighted by atomic mass is 9.67. The second-order valence-electron chi connectivity index (χ2n) is 17.8. The number of benzene rings is 8. The molecule has 0 heterocycles. The van der Waals surface area contributed by atoms with E-state index in [2.05, 4.69) is 201 Å². The predicted octanol–water partition coefficient (Wildman–Crippen LogP) is 15.7. The third-order valence-electron chi connectivity index (χ3n) is 14.1. The van der Waals surface area contributed by atoms with E-state index in [-0.39, 0.29) is 0 Å². The van der Waals surface area contributed by atoms with Crippen molar-refractivity contribution in [1.82, 2.24) is 0 Å². The van der Waals surface area contributed by atoms with Crippen molar-refractivity contribution in [3.05, 3.63) is 232 Å². The van der Waals surface area contributed by atoms with E-state index in [9.17, 15) is 0 Å². The summed E-state index contributed by atoms with van der Waals surface area (Å²) in [6.45, 7) is 4.78. The number of nitrogens with zero attached hydrogens (tertiary/aromatic N) is 1. The minimum absolute atomic E-state index is 0.367. The first-order valence-corrected chi connectivity index (χ1v) is 22.7. The number of anilines is 3. The smallest absolute Gasteiger partial charge is 0.0714 e. The predicted molar refractivity (Wildman–Crippen MR) is 257 cm³/mol. The van der Waals surface area contributed by atoms with E-state index in [0.29, 0.717) is 5.92 Å². The van der Waals surface area contributed by atoms with Crippen molar-refractivity contribution in [1.29, 1.82) is 0 Å². The maximum atomic E-state index is 2.67. The zero-order valence-electron chi connectivity index (χ0n) is 35.5. The van der Waals surface area contributed by atoms with Gasteiger partial charge in [0.1, 0.15) is 0 Å². The van der Waals surface area contributed by atoms with Crippen LogP contribution in [0.25, 0.3) is 33.4 Å². The average molecular weight is 788 g/mol. The second-order valence-corrected chi connectivity index (χ2v) is 17.8. The van der Waals surface area contributed by atoms with Gasteiger partial charge in [-0.3, -0.25) is 0 Å². The molecule has 8 aromatic rings. The molecule has 11 rings (SSSR count). The van der Waals surface area contributed by atoms with E-state index in [1.54, 1.807) is 5.56 Å². The SMILES string of the molecule is CC(C)c1ccc2c(c1-c1cc3c(cc1N(c1ccc(-c4ccccc4)cc1)c1cccc4c1CCCC4)C(c1ccccc1)(c1ccccc1)c1ccccc1-3)CCCC2. The molecular weight excluding hydrogens is 735 g/mol. The molecule has 0 amide bonds. The van der Waals surface area contributed by atoms with Crippen LogP contribution in [-0.2, 0) is 31.1 Å². The van der Waals surface area contributed by atoms with Gasteiger partial charge < -0.3 is 4.90 Å². The molecule has 0 saturated heterocycles. The number of hydrogen-bond acceptors (Lipinski definition) is 1. The number of aryl methyl sites for hydroxylation is 2. The highest BCUT2D eigenvalue weighted by Gasteiger charge is 2.47. The lowest BCUT2D eigenvalue weighted by Crippen LogP contribution is -2.29. The molecule has 0 atom stereocenters. The maximum absolute atomic E-state index is 2.67. The van der Waals surface area contributed by atoms with Gasteiger partial charge in [-0.1, -0.05) is 166 Å². The summed E-state index contributed by atoms with van der Waals surface area (Å²) in [6.07, 6.45) is 9.42. The first-order chi connectivity index (χ1) is 30.1. The monoisotopic (exact) mass is 787 g/mol. The first-order valence-electron chi connectivity index (χ1n) is 22.7. The number of hydrogen-bond donors (Lipinski definition) is 0. The van der Waals surface area contributed by atoms with E-state index >= 15 is 0 Å². The summed E-state index contributed by atoms with van der Waals surface area (Å²) in [6, 6.07) is 69.4. The van der Waals surface area contributed by atoms with Crippen LogP contribution in [0.2, 0.25) is 0 Å². The van der Waals surface area contributed by atoms with Gasteiger partial charge in [0, 0.05) is 16.9 Å². The van der Waals surface area contributed by atoms with Gasteiger partial charge in [-0.05, 0) is 166 Å². The van der Waals surface area contributed by atoms with Crippen LogP contribution >= 0.6 is 0 Å². The van der Waals surface area contributed by atoms with Gasteiger partial charge >= 0.3 is 0 Å². The Kier molecular flexibility index (Phi) is 9.57. The summed E-state index contributed by atoms with van der Waals surface area (Å²) < 4.78 is 0. The molecule has 1 nitrogen and oxygen atoms in total. The van der Waals surface area contributed by atoms with Crippen LogP contribution in [0.3, 0.4) is 0 Å². The van der Waals surface area contributed by atoms with Crippen LogP contribution in [0.15, 0.2) is 182 Å². The Balaban J connectivity index is 1.29. The molecule has 3 aliphatic carbocycles. The average Bonchev–Trinajstić information content (AvgIpc) is 3.62. The van der Waals surface area contributed by atoms with Crippen molar-refractivity contribution < 1.29 is 0 Å². The summed E-state index contributed by atoms with van der Waals surface area (Å²) in [5.41, 5.74) is 23.9. The van der Waals surface area contributed by atoms with Crippen molar-refractivity contribution in [3.8, 4) is 33.4 Å². The van der Waals surface area contributed by atoms with Crippen LogP contribution < -0.4 is 4.90 Å². The van der Waals surface area contributed by atoms with Crippen LogP contribution in [0.4, 0.5) is 17.1 Å². The van der Waals surface area contributed by atoms with Crippen LogP contribution in [0, 0.1) is 0 Å². The quantitative estimate of drug-likeness (QED) is 0.148. The van der Waals surface area contributed by atoms with Crippen LogP contribution in [-0.4, -0.2) is 0 Å². The molecule has 0 radical (unpaired) electrons. The van der Waals surface area contributed by atoms with Gasteiger partial charge in [-0.2, -0.15) is 0 Å². The molecule has 0 fully saturated rings. The summed E-state index contributed by atoms with van der Waals surface area (Å²) in [5.74, 6) is 0.367. The highest BCUT2D eigenvalue weighted by atomic mass is 15.1. The standard InChI is InChI=1S/C60H53N/c1-41(2)49-38-35-45-22-13-15-29-51(45)59(49)54-39-53-52-30-16-17-31-55(52)60(46-24-8-4-9-25-46,47-26-10-5-11-27-47)56(53)40-58(54)61(57-32-18-23-44-21-12-14-28-50(44)57)48-36-33-43(34-37-48)42-19-6-3-7-20-42/h3-11,16-20,23-27,30-41H,12-15,21-22,28-29H2,1-2H3. The molecule has 298 valence electrons. The zero-order valence-corrected chi connectivity index (χ0v) is 35.5. The minimum atomic E-state index is -0.516. The summed E-state index contributed by atoms with van der Waals surface area (Å²) in [7, 11) is 0. The fourth-order valence-electron chi connectivity index (χ4n) is 11.3. The normalized spacial score (nSPS) is 14.8. The lowest BCUT2D eigenvalue weighted by Gasteiger charge is -2.37. The summed E-state index contributed by atoms with van der Waals surface area (Å²) in [4.78, 5) is 2.67. The van der Waals surface area contributed by atoms with E-state index in [4.69, 9.17) is 0 Å². The Labute approximate surface area is 362 Å². The number of rotatable bonds is 8. The third-order valence-corrected chi connectivity index (χ3v) is 14.1. The highest BCUT2D eigenvalue weighted by molar-refractivity contribution is 5.98. The number of fused-ring (bicyclic) bond motifs is 5. The summed E-state index contributed by atoms with van der Waals surface area (Å²) >= 11 is 0. The van der Waals surface area contributed by atoms with Gasteiger partial charge in [-0.25, -0.2) is 0 Å². The van der Waals surface area contributed by atoms with E-state index in [1.165, 1.54) is 121 Å².